The second kappa shape index (κ2) is 6.04. The zero-order chi connectivity index (χ0) is 10.2. The Hall–Kier alpha value is -1.49. The van der Waals surface area contributed by atoms with Crippen LogP contribution < -0.4 is 10.6 Å². The molecule has 0 spiro atoms. The molecule has 14 heavy (non-hydrogen) atoms. The van der Waals surface area contributed by atoms with E-state index in [0.717, 1.165) is 13.1 Å². The molecule has 0 aliphatic rings. The number of carbonyl (C=O) groups is 1. The van der Waals surface area contributed by atoms with E-state index in [1.54, 1.807) is 6.07 Å². The standard InChI is InChI=1S/C9H14N4O/c1-2-10-5-6-11-9(14)8-3-4-12-13-7-8/h3-4,7,10H,2,5-6H2,1H3,(H,11,14). The van der Waals surface area contributed by atoms with Gasteiger partial charge in [-0.1, -0.05) is 6.92 Å². The molecule has 1 aromatic heterocycles. The van der Waals surface area contributed by atoms with Crippen molar-refractivity contribution in [3.8, 4) is 0 Å². The first-order chi connectivity index (χ1) is 6.84. The summed E-state index contributed by atoms with van der Waals surface area (Å²) in [6.45, 7) is 4.33. The van der Waals surface area contributed by atoms with Gasteiger partial charge in [0.25, 0.3) is 5.91 Å². The summed E-state index contributed by atoms with van der Waals surface area (Å²) in [4.78, 5) is 11.4. The summed E-state index contributed by atoms with van der Waals surface area (Å²) in [6.07, 6.45) is 2.95. The summed E-state index contributed by atoms with van der Waals surface area (Å²) >= 11 is 0. The molecule has 0 saturated heterocycles. The van der Waals surface area contributed by atoms with Crippen molar-refractivity contribution in [3.63, 3.8) is 0 Å². The van der Waals surface area contributed by atoms with Gasteiger partial charge in [-0.05, 0) is 12.6 Å². The Morgan fingerprint density at radius 1 is 1.43 bits per heavy atom. The highest BCUT2D eigenvalue weighted by Crippen LogP contribution is 1.92. The van der Waals surface area contributed by atoms with Gasteiger partial charge < -0.3 is 10.6 Å². The number of nitrogens with zero attached hydrogens (tertiary/aromatic N) is 2. The van der Waals surface area contributed by atoms with Crippen molar-refractivity contribution in [2.24, 2.45) is 0 Å². The van der Waals surface area contributed by atoms with Crippen molar-refractivity contribution in [1.29, 1.82) is 0 Å². The Kier molecular flexibility index (Phi) is 4.57. The first-order valence-electron chi connectivity index (χ1n) is 4.60. The Labute approximate surface area is 82.9 Å². The third kappa shape index (κ3) is 3.49. The molecule has 1 aromatic rings. The smallest absolute Gasteiger partial charge is 0.253 e. The van der Waals surface area contributed by atoms with Gasteiger partial charge in [0, 0.05) is 13.1 Å². The van der Waals surface area contributed by atoms with Crippen molar-refractivity contribution in [2.75, 3.05) is 19.6 Å². The molecule has 0 bridgehead atoms. The van der Waals surface area contributed by atoms with E-state index < -0.39 is 0 Å². The fourth-order valence-electron chi connectivity index (χ4n) is 0.968. The van der Waals surface area contributed by atoms with Crippen molar-refractivity contribution >= 4 is 5.91 Å². The van der Waals surface area contributed by atoms with Gasteiger partial charge in [0.15, 0.2) is 0 Å². The highest BCUT2D eigenvalue weighted by Gasteiger charge is 2.02. The maximum Gasteiger partial charge on any atom is 0.253 e. The number of amides is 1. The summed E-state index contributed by atoms with van der Waals surface area (Å²) in [5.41, 5.74) is 0.538. The van der Waals surface area contributed by atoms with Crippen molar-refractivity contribution in [2.45, 2.75) is 6.92 Å². The van der Waals surface area contributed by atoms with Crippen LogP contribution in [0.4, 0.5) is 0 Å². The van der Waals surface area contributed by atoms with Gasteiger partial charge in [-0.25, -0.2) is 0 Å². The monoisotopic (exact) mass is 194 g/mol. The van der Waals surface area contributed by atoms with E-state index in [4.69, 9.17) is 0 Å². The van der Waals surface area contributed by atoms with Crippen LogP contribution in [0.25, 0.3) is 0 Å². The predicted octanol–water partition coefficient (Wildman–Crippen LogP) is -0.184. The molecule has 1 rings (SSSR count). The second-order valence-corrected chi connectivity index (χ2v) is 2.74. The molecule has 0 fully saturated rings. The molecule has 0 unspecified atom stereocenters. The zero-order valence-electron chi connectivity index (χ0n) is 8.16. The average Bonchev–Trinajstić information content (AvgIpc) is 2.25. The van der Waals surface area contributed by atoms with E-state index in [9.17, 15) is 4.79 Å². The number of nitrogens with one attached hydrogen (secondary N) is 2. The summed E-state index contributed by atoms with van der Waals surface area (Å²) in [7, 11) is 0. The highest BCUT2D eigenvalue weighted by atomic mass is 16.1. The van der Waals surface area contributed by atoms with Crippen molar-refractivity contribution in [3.05, 3.63) is 24.0 Å². The lowest BCUT2D eigenvalue weighted by Gasteiger charge is -2.04. The lowest BCUT2D eigenvalue weighted by Crippen LogP contribution is -2.31. The molecule has 2 N–H and O–H groups in total. The minimum Gasteiger partial charge on any atom is -0.351 e. The molecule has 0 atom stereocenters. The molecular formula is C9H14N4O. The Bertz CT molecular complexity index is 275. The molecule has 5 heteroatoms. The van der Waals surface area contributed by atoms with E-state index in [2.05, 4.69) is 20.8 Å². The predicted molar refractivity (Wildman–Crippen MR) is 52.9 cm³/mol. The van der Waals surface area contributed by atoms with Crippen LogP contribution in [-0.2, 0) is 0 Å². The lowest BCUT2D eigenvalue weighted by atomic mass is 10.3. The highest BCUT2D eigenvalue weighted by molar-refractivity contribution is 5.93. The van der Waals surface area contributed by atoms with Gasteiger partial charge >= 0.3 is 0 Å². The van der Waals surface area contributed by atoms with Gasteiger partial charge in [0.2, 0.25) is 0 Å². The Morgan fingerprint density at radius 3 is 2.93 bits per heavy atom. The summed E-state index contributed by atoms with van der Waals surface area (Å²) in [5.74, 6) is -0.113. The van der Waals surface area contributed by atoms with Crippen LogP contribution >= 0.6 is 0 Å². The van der Waals surface area contributed by atoms with E-state index in [-0.39, 0.29) is 5.91 Å². The summed E-state index contributed by atoms with van der Waals surface area (Å²) < 4.78 is 0. The maximum atomic E-state index is 11.4. The molecule has 0 aromatic carbocycles. The van der Waals surface area contributed by atoms with Crippen LogP contribution in [0.1, 0.15) is 17.3 Å². The average molecular weight is 194 g/mol. The zero-order valence-corrected chi connectivity index (χ0v) is 8.16. The van der Waals surface area contributed by atoms with Crippen LogP contribution in [0.15, 0.2) is 18.5 Å². The number of likely N-dealkylation sites (N-methyl/N-ethyl adjacent to an activating group) is 1. The van der Waals surface area contributed by atoms with Gasteiger partial charge in [-0.3, -0.25) is 4.79 Å². The SMILES string of the molecule is CCNCCNC(=O)c1ccnnc1. The van der Waals surface area contributed by atoms with E-state index >= 15 is 0 Å². The fraction of sp³-hybridized carbons (Fsp3) is 0.444. The van der Waals surface area contributed by atoms with Crippen LogP contribution in [0.3, 0.4) is 0 Å². The van der Waals surface area contributed by atoms with E-state index in [1.807, 2.05) is 6.92 Å². The van der Waals surface area contributed by atoms with Gasteiger partial charge in [-0.15, -0.1) is 0 Å². The quantitative estimate of drug-likeness (QED) is 0.638. The first kappa shape index (κ1) is 10.6. The van der Waals surface area contributed by atoms with Crippen LogP contribution in [0, 0.1) is 0 Å². The molecule has 0 radical (unpaired) electrons. The molecule has 76 valence electrons. The number of hydrogen-bond donors (Lipinski definition) is 2. The largest absolute Gasteiger partial charge is 0.351 e. The molecule has 0 saturated carbocycles. The van der Waals surface area contributed by atoms with E-state index in [1.165, 1.54) is 12.4 Å². The molecule has 1 heterocycles. The van der Waals surface area contributed by atoms with Crippen LogP contribution in [0.2, 0.25) is 0 Å². The van der Waals surface area contributed by atoms with Crippen molar-refractivity contribution in [1.82, 2.24) is 20.8 Å². The number of hydrogen-bond acceptors (Lipinski definition) is 4. The topological polar surface area (TPSA) is 66.9 Å². The Morgan fingerprint density at radius 2 is 2.29 bits per heavy atom. The molecule has 0 aliphatic carbocycles. The maximum absolute atomic E-state index is 11.4. The fourth-order valence-corrected chi connectivity index (χ4v) is 0.968. The summed E-state index contributed by atoms with van der Waals surface area (Å²) in [5, 5.41) is 13.1. The lowest BCUT2D eigenvalue weighted by molar-refractivity contribution is 0.0953. The van der Waals surface area contributed by atoms with Gasteiger partial charge in [0.1, 0.15) is 0 Å². The number of aromatic nitrogens is 2. The van der Waals surface area contributed by atoms with E-state index in [0.29, 0.717) is 12.1 Å². The number of carbonyl (C=O) groups excluding carboxylic acids is 1. The summed E-state index contributed by atoms with van der Waals surface area (Å²) in [6, 6.07) is 1.63. The molecule has 5 nitrogen and oxygen atoms in total. The second-order valence-electron chi connectivity index (χ2n) is 2.74. The number of rotatable bonds is 5. The van der Waals surface area contributed by atoms with Crippen molar-refractivity contribution < 1.29 is 4.79 Å². The van der Waals surface area contributed by atoms with Crippen LogP contribution in [-0.4, -0.2) is 35.7 Å². The van der Waals surface area contributed by atoms with Crippen LogP contribution in [0.5, 0.6) is 0 Å². The molecule has 1 amide bonds. The third-order valence-corrected chi connectivity index (χ3v) is 1.68. The molecular weight excluding hydrogens is 180 g/mol. The third-order valence-electron chi connectivity index (χ3n) is 1.68. The normalized spacial score (nSPS) is 9.79. The van der Waals surface area contributed by atoms with Gasteiger partial charge in [0.05, 0.1) is 18.0 Å². The minimum absolute atomic E-state index is 0.113. The van der Waals surface area contributed by atoms with Gasteiger partial charge in [-0.2, -0.15) is 10.2 Å². The minimum atomic E-state index is -0.113. The Balaban J connectivity index is 2.29. The molecule has 0 aliphatic heterocycles. The first-order valence-corrected chi connectivity index (χ1v) is 4.60.